The summed E-state index contributed by atoms with van der Waals surface area (Å²) in [4.78, 5) is 0. The van der Waals surface area contributed by atoms with Crippen molar-refractivity contribution >= 4 is 21.6 Å². The summed E-state index contributed by atoms with van der Waals surface area (Å²) in [6.07, 6.45) is 0.677. The van der Waals surface area contributed by atoms with Crippen LogP contribution in [-0.4, -0.2) is 0 Å². The molecule has 1 aliphatic carbocycles. The average Bonchev–Trinajstić information content (AvgIpc) is 3.03. The predicted molar refractivity (Wildman–Crippen MR) is 91.9 cm³/mol. The molecule has 0 saturated heterocycles. The molecule has 0 amide bonds. The van der Waals surface area contributed by atoms with Crippen molar-refractivity contribution in [2.45, 2.75) is 24.6 Å². The van der Waals surface area contributed by atoms with Crippen molar-refractivity contribution in [3.05, 3.63) is 75.8 Å². The molecule has 0 aromatic heterocycles. The third kappa shape index (κ3) is 2.55. The molecule has 0 unspecified atom stereocenters. The van der Waals surface area contributed by atoms with Crippen LogP contribution < -0.4 is 5.32 Å². The fourth-order valence-electron chi connectivity index (χ4n) is 3.81. The summed E-state index contributed by atoms with van der Waals surface area (Å²) in [5.74, 6) is 0.236. The molecule has 0 saturated carbocycles. The number of allylic oxidation sites excluding steroid dienone is 2. The Balaban J connectivity index is 1.79. The summed E-state index contributed by atoms with van der Waals surface area (Å²) in [6, 6.07) is 12.1. The van der Waals surface area contributed by atoms with E-state index in [0.717, 1.165) is 33.8 Å². The van der Waals surface area contributed by atoms with Crippen molar-refractivity contribution in [3.63, 3.8) is 0 Å². The van der Waals surface area contributed by atoms with Gasteiger partial charge in [0.05, 0.1) is 11.6 Å². The van der Waals surface area contributed by atoms with Gasteiger partial charge in [-0.2, -0.15) is 13.2 Å². The second-order valence-corrected chi connectivity index (χ2v) is 7.15. The van der Waals surface area contributed by atoms with E-state index in [1.807, 2.05) is 24.3 Å². The molecular weight excluding hydrogens is 379 g/mol. The molecule has 24 heavy (non-hydrogen) atoms. The Kier molecular flexibility index (Phi) is 3.71. The Morgan fingerprint density at radius 1 is 1.04 bits per heavy atom. The number of anilines is 1. The molecule has 0 radical (unpaired) electrons. The van der Waals surface area contributed by atoms with Gasteiger partial charge in [0.25, 0.3) is 0 Å². The first-order valence-corrected chi connectivity index (χ1v) is 8.63. The normalized spacial score (nSPS) is 25.1. The molecule has 5 heteroatoms. The molecular formula is C19H15BrF3N. The second-order valence-electron chi connectivity index (χ2n) is 6.30. The number of alkyl halides is 3. The van der Waals surface area contributed by atoms with Gasteiger partial charge in [-0.25, -0.2) is 0 Å². The fourth-order valence-corrected chi connectivity index (χ4v) is 4.34. The van der Waals surface area contributed by atoms with Crippen LogP contribution in [0.5, 0.6) is 0 Å². The van der Waals surface area contributed by atoms with Crippen LogP contribution in [0.2, 0.25) is 0 Å². The van der Waals surface area contributed by atoms with E-state index in [2.05, 4.69) is 33.4 Å². The largest absolute Gasteiger partial charge is 0.416 e. The Morgan fingerprint density at radius 2 is 1.83 bits per heavy atom. The van der Waals surface area contributed by atoms with E-state index in [0.29, 0.717) is 0 Å². The van der Waals surface area contributed by atoms with Gasteiger partial charge in [0.15, 0.2) is 0 Å². The summed E-state index contributed by atoms with van der Waals surface area (Å²) in [6.45, 7) is 0. The average molecular weight is 394 g/mol. The van der Waals surface area contributed by atoms with Crippen LogP contribution in [0.3, 0.4) is 0 Å². The Labute approximate surface area is 146 Å². The smallest absolute Gasteiger partial charge is 0.378 e. The third-order valence-corrected chi connectivity index (χ3v) is 5.65. The maximum atomic E-state index is 13.1. The van der Waals surface area contributed by atoms with Crippen LogP contribution in [0.15, 0.2) is 59.1 Å². The molecule has 2 aromatic carbocycles. The number of halogens is 4. The van der Waals surface area contributed by atoms with E-state index in [4.69, 9.17) is 0 Å². The van der Waals surface area contributed by atoms with Crippen LogP contribution >= 0.6 is 15.9 Å². The minimum absolute atomic E-state index is 0.0145. The van der Waals surface area contributed by atoms with Crippen molar-refractivity contribution in [3.8, 4) is 0 Å². The van der Waals surface area contributed by atoms with Crippen LogP contribution in [-0.2, 0) is 6.18 Å². The van der Waals surface area contributed by atoms with Gasteiger partial charge in [0.1, 0.15) is 0 Å². The van der Waals surface area contributed by atoms with Crippen LogP contribution in [0, 0.1) is 5.92 Å². The van der Waals surface area contributed by atoms with Gasteiger partial charge in [0, 0.05) is 16.1 Å². The molecule has 1 nitrogen and oxygen atoms in total. The number of hydrogen-bond acceptors (Lipinski definition) is 1. The lowest BCUT2D eigenvalue weighted by Gasteiger charge is -2.38. The Bertz CT molecular complexity index is 812. The highest BCUT2D eigenvalue weighted by Crippen LogP contribution is 2.51. The van der Waals surface area contributed by atoms with Crippen LogP contribution in [0.1, 0.15) is 35.1 Å². The molecule has 0 bridgehead atoms. The summed E-state index contributed by atoms with van der Waals surface area (Å²) in [7, 11) is 0. The minimum atomic E-state index is -4.31. The summed E-state index contributed by atoms with van der Waals surface area (Å²) < 4.78 is 40.2. The zero-order chi connectivity index (χ0) is 16.9. The van der Waals surface area contributed by atoms with Crippen LogP contribution in [0.4, 0.5) is 18.9 Å². The van der Waals surface area contributed by atoms with Crippen molar-refractivity contribution in [1.82, 2.24) is 0 Å². The molecule has 1 heterocycles. The van der Waals surface area contributed by atoms with Crippen molar-refractivity contribution < 1.29 is 13.2 Å². The lowest BCUT2D eigenvalue weighted by Crippen LogP contribution is -2.29. The number of rotatable bonds is 1. The van der Waals surface area contributed by atoms with E-state index >= 15 is 0 Å². The molecule has 2 aromatic rings. The highest BCUT2D eigenvalue weighted by molar-refractivity contribution is 9.10. The first-order chi connectivity index (χ1) is 11.4. The van der Waals surface area contributed by atoms with Gasteiger partial charge in [-0.15, -0.1) is 0 Å². The van der Waals surface area contributed by atoms with Gasteiger partial charge in [-0.3, -0.25) is 0 Å². The minimum Gasteiger partial charge on any atom is -0.378 e. The van der Waals surface area contributed by atoms with Crippen molar-refractivity contribution in [2.24, 2.45) is 5.92 Å². The number of fused-ring (bicyclic) bond motifs is 3. The molecule has 0 fully saturated rings. The SMILES string of the molecule is FC(F)(F)c1ccc2c(c1)[C@@H]1C=CC[C@H]1[C@H](c1ccccc1Br)N2. The highest BCUT2D eigenvalue weighted by Gasteiger charge is 2.40. The second kappa shape index (κ2) is 5.66. The van der Waals surface area contributed by atoms with Gasteiger partial charge >= 0.3 is 6.18 Å². The van der Waals surface area contributed by atoms with E-state index in [9.17, 15) is 13.2 Å². The predicted octanol–water partition coefficient (Wildman–Crippen LogP) is 6.29. The standard InChI is InChI=1S/C19H15BrF3N/c20-16-7-2-1-4-14(16)18-13-6-3-5-12(13)15-10-11(19(21,22)23)8-9-17(15)24-18/h1-5,7-10,12-13,18,24H,6H2/t12-,13-,18-/m1/s1. The maximum Gasteiger partial charge on any atom is 0.416 e. The zero-order valence-electron chi connectivity index (χ0n) is 12.6. The van der Waals surface area contributed by atoms with Gasteiger partial charge in [-0.1, -0.05) is 46.3 Å². The fraction of sp³-hybridized carbons (Fsp3) is 0.263. The van der Waals surface area contributed by atoms with E-state index in [1.54, 1.807) is 6.07 Å². The van der Waals surface area contributed by atoms with E-state index in [-0.39, 0.29) is 17.9 Å². The zero-order valence-corrected chi connectivity index (χ0v) is 14.2. The number of nitrogens with one attached hydrogen (secondary N) is 1. The Hall–Kier alpha value is -1.75. The van der Waals surface area contributed by atoms with Gasteiger partial charge in [0.2, 0.25) is 0 Å². The molecule has 124 valence electrons. The number of benzene rings is 2. The first kappa shape index (κ1) is 15.8. The molecule has 1 N–H and O–H groups in total. The lowest BCUT2D eigenvalue weighted by molar-refractivity contribution is -0.137. The maximum absolute atomic E-state index is 13.1. The van der Waals surface area contributed by atoms with E-state index < -0.39 is 11.7 Å². The third-order valence-electron chi connectivity index (χ3n) is 4.93. The highest BCUT2D eigenvalue weighted by atomic mass is 79.9. The lowest BCUT2D eigenvalue weighted by atomic mass is 9.76. The summed E-state index contributed by atoms with van der Waals surface area (Å²) in [5.41, 5.74) is 2.09. The quantitative estimate of drug-likeness (QED) is 0.561. The molecule has 2 aliphatic rings. The first-order valence-electron chi connectivity index (χ1n) is 7.84. The van der Waals surface area contributed by atoms with Crippen molar-refractivity contribution in [1.29, 1.82) is 0 Å². The molecule has 3 atom stereocenters. The summed E-state index contributed by atoms with van der Waals surface area (Å²) >= 11 is 3.60. The summed E-state index contributed by atoms with van der Waals surface area (Å²) in [5, 5.41) is 3.47. The monoisotopic (exact) mass is 393 g/mol. The van der Waals surface area contributed by atoms with Crippen LogP contribution in [0.25, 0.3) is 0 Å². The molecule has 1 aliphatic heterocycles. The number of hydrogen-bond donors (Lipinski definition) is 1. The van der Waals surface area contributed by atoms with E-state index in [1.165, 1.54) is 6.07 Å². The Morgan fingerprint density at radius 3 is 2.58 bits per heavy atom. The molecule has 4 rings (SSSR count). The topological polar surface area (TPSA) is 12.0 Å². The van der Waals surface area contributed by atoms with Gasteiger partial charge < -0.3 is 5.32 Å². The van der Waals surface area contributed by atoms with Gasteiger partial charge in [-0.05, 0) is 47.7 Å². The molecule has 0 spiro atoms. The van der Waals surface area contributed by atoms with Crippen molar-refractivity contribution in [2.75, 3.05) is 5.32 Å².